The van der Waals surface area contributed by atoms with Gasteiger partial charge in [-0.15, -0.1) is 0 Å². The first-order valence-electron chi connectivity index (χ1n) is 9.31. The molecule has 0 unspecified atom stereocenters. The lowest BCUT2D eigenvalue weighted by Gasteiger charge is -2.30. The number of rotatable bonds is 3. The molecule has 0 N–H and O–H groups in total. The van der Waals surface area contributed by atoms with Gasteiger partial charge in [0.1, 0.15) is 11.8 Å². The van der Waals surface area contributed by atoms with E-state index in [1.807, 2.05) is 54.6 Å². The summed E-state index contributed by atoms with van der Waals surface area (Å²) in [6.45, 7) is 1.65. The van der Waals surface area contributed by atoms with Crippen LogP contribution in [0.25, 0.3) is 0 Å². The molecule has 6 heteroatoms. The van der Waals surface area contributed by atoms with Crippen molar-refractivity contribution in [3.8, 4) is 5.75 Å². The smallest absolute Gasteiger partial charge is 0.253 e. The van der Waals surface area contributed by atoms with Crippen molar-refractivity contribution < 1.29 is 14.3 Å². The van der Waals surface area contributed by atoms with Gasteiger partial charge in [-0.05, 0) is 24.6 Å². The fourth-order valence-electron chi connectivity index (χ4n) is 4.83. The molecule has 3 aliphatic heterocycles. The van der Waals surface area contributed by atoms with Crippen molar-refractivity contribution in [2.45, 2.75) is 18.5 Å². The largest absolute Gasteiger partial charge is 0.496 e. The van der Waals surface area contributed by atoms with Crippen molar-refractivity contribution in [1.29, 1.82) is 0 Å². The van der Waals surface area contributed by atoms with Gasteiger partial charge < -0.3 is 4.74 Å². The molecule has 138 valence electrons. The number of hydrogen-bond donors (Lipinski definition) is 0. The predicted molar refractivity (Wildman–Crippen MR) is 100.0 cm³/mol. The van der Waals surface area contributed by atoms with Gasteiger partial charge in [0.15, 0.2) is 0 Å². The van der Waals surface area contributed by atoms with Crippen molar-refractivity contribution in [3.05, 3.63) is 60.2 Å². The summed E-state index contributed by atoms with van der Waals surface area (Å²) in [6.07, 6.45) is 0.988. The summed E-state index contributed by atoms with van der Waals surface area (Å²) < 4.78 is 5.57. The second-order valence-corrected chi connectivity index (χ2v) is 7.18. The van der Waals surface area contributed by atoms with E-state index in [9.17, 15) is 9.59 Å². The van der Waals surface area contributed by atoms with Gasteiger partial charge in [-0.2, -0.15) is 0 Å². The Balaban J connectivity index is 1.62. The first-order chi connectivity index (χ1) is 13.2. The van der Waals surface area contributed by atoms with E-state index in [-0.39, 0.29) is 17.9 Å². The molecule has 3 aliphatic rings. The van der Waals surface area contributed by atoms with Crippen LogP contribution in [0, 0.1) is 5.92 Å². The van der Waals surface area contributed by atoms with Crippen molar-refractivity contribution in [2.24, 2.45) is 5.92 Å². The lowest BCUT2D eigenvalue weighted by molar-refractivity contribution is -0.126. The number of hydrogen-bond acceptors (Lipinski definition) is 5. The van der Waals surface area contributed by atoms with Gasteiger partial charge >= 0.3 is 0 Å². The van der Waals surface area contributed by atoms with Crippen molar-refractivity contribution in [3.63, 3.8) is 0 Å². The topological polar surface area (TPSA) is 53.1 Å². The van der Waals surface area contributed by atoms with E-state index in [0.29, 0.717) is 5.69 Å². The van der Waals surface area contributed by atoms with E-state index in [0.717, 1.165) is 30.8 Å². The zero-order valence-corrected chi connectivity index (χ0v) is 15.1. The number of ether oxygens (including phenoxy) is 1. The van der Waals surface area contributed by atoms with Crippen LogP contribution in [-0.4, -0.2) is 48.1 Å². The number of methoxy groups -OCH3 is 1. The Hall–Kier alpha value is -2.70. The molecule has 3 atom stereocenters. The molecular formula is C21H21N3O3. The highest BCUT2D eigenvalue weighted by molar-refractivity contribution is 6.24. The third kappa shape index (κ3) is 2.27. The molecule has 2 aromatic carbocycles. The first-order valence-corrected chi connectivity index (χ1v) is 9.31. The van der Waals surface area contributed by atoms with E-state index >= 15 is 0 Å². The fourth-order valence-corrected chi connectivity index (χ4v) is 4.83. The number of benzene rings is 2. The second kappa shape index (κ2) is 6.18. The highest BCUT2D eigenvalue weighted by Gasteiger charge is 2.63. The number of anilines is 1. The van der Waals surface area contributed by atoms with Gasteiger partial charge in [0.05, 0.1) is 24.8 Å². The maximum absolute atomic E-state index is 13.4. The Morgan fingerprint density at radius 1 is 0.852 bits per heavy atom. The summed E-state index contributed by atoms with van der Waals surface area (Å²) in [6, 6.07) is 16.4. The van der Waals surface area contributed by atoms with Crippen LogP contribution in [0.2, 0.25) is 0 Å². The number of para-hydroxylation sites is 2. The number of hydrazine groups is 1. The van der Waals surface area contributed by atoms with Crippen LogP contribution in [0.3, 0.4) is 0 Å². The Bertz CT molecular complexity index is 901. The van der Waals surface area contributed by atoms with Crippen LogP contribution < -0.4 is 9.64 Å². The van der Waals surface area contributed by atoms with Crippen LogP contribution in [0.15, 0.2) is 54.6 Å². The first kappa shape index (κ1) is 16.5. The molecule has 27 heavy (non-hydrogen) atoms. The molecule has 6 nitrogen and oxygen atoms in total. The van der Waals surface area contributed by atoms with Crippen LogP contribution in [0.1, 0.15) is 18.0 Å². The summed E-state index contributed by atoms with van der Waals surface area (Å²) in [4.78, 5) is 28.1. The third-order valence-corrected chi connectivity index (χ3v) is 5.88. The summed E-state index contributed by atoms with van der Waals surface area (Å²) in [5, 5.41) is 4.30. The van der Waals surface area contributed by atoms with E-state index in [2.05, 4.69) is 10.0 Å². The zero-order chi connectivity index (χ0) is 18.5. The highest BCUT2D eigenvalue weighted by Crippen LogP contribution is 2.50. The molecule has 3 fully saturated rings. The fraction of sp³-hybridized carbons (Fsp3) is 0.333. The van der Waals surface area contributed by atoms with E-state index in [1.165, 1.54) is 4.90 Å². The molecule has 2 aromatic rings. The SMILES string of the molecule is COc1ccccc1[C@@H]1[C@@H]2C(=O)N(c3ccccc3)C(=O)[C@H]2N2CCCN12. The number of carbonyl (C=O) groups is 2. The second-order valence-electron chi connectivity index (χ2n) is 7.18. The number of nitrogens with zero attached hydrogens (tertiary/aromatic N) is 3. The monoisotopic (exact) mass is 363 g/mol. The Kier molecular flexibility index (Phi) is 3.77. The minimum absolute atomic E-state index is 0.124. The molecule has 0 radical (unpaired) electrons. The van der Waals surface area contributed by atoms with Crippen LogP contribution in [0.4, 0.5) is 5.69 Å². The average molecular weight is 363 g/mol. The summed E-state index contributed by atoms with van der Waals surface area (Å²) in [7, 11) is 1.64. The minimum atomic E-state index is -0.435. The minimum Gasteiger partial charge on any atom is -0.496 e. The molecular weight excluding hydrogens is 342 g/mol. The average Bonchev–Trinajstić information content (AvgIpc) is 3.34. The third-order valence-electron chi connectivity index (χ3n) is 5.88. The summed E-state index contributed by atoms with van der Waals surface area (Å²) in [5.74, 6) is 0.0877. The van der Waals surface area contributed by atoms with E-state index in [4.69, 9.17) is 4.74 Å². The van der Waals surface area contributed by atoms with Gasteiger partial charge in [0.2, 0.25) is 5.91 Å². The van der Waals surface area contributed by atoms with Gasteiger partial charge in [-0.1, -0.05) is 36.4 Å². The van der Waals surface area contributed by atoms with Gasteiger partial charge in [0, 0.05) is 18.7 Å². The highest BCUT2D eigenvalue weighted by atomic mass is 16.5. The van der Waals surface area contributed by atoms with Crippen LogP contribution in [0.5, 0.6) is 5.75 Å². The zero-order valence-electron chi connectivity index (χ0n) is 15.1. The van der Waals surface area contributed by atoms with Crippen molar-refractivity contribution in [1.82, 2.24) is 10.0 Å². The maximum atomic E-state index is 13.4. The molecule has 3 heterocycles. The lowest BCUT2D eigenvalue weighted by Crippen LogP contribution is -2.44. The Morgan fingerprint density at radius 2 is 1.52 bits per heavy atom. The van der Waals surface area contributed by atoms with E-state index < -0.39 is 12.0 Å². The maximum Gasteiger partial charge on any atom is 0.253 e. The lowest BCUT2D eigenvalue weighted by atomic mass is 9.89. The molecule has 0 saturated carbocycles. The molecule has 3 saturated heterocycles. The van der Waals surface area contributed by atoms with Gasteiger partial charge in [-0.25, -0.2) is 14.9 Å². The Labute approximate surface area is 157 Å². The number of carbonyl (C=O) groups excluding carboxylic acids is 2. The molecule has 0 aromatic heterocycles. The predicted octanol–water partition coefficient (Wildman–Crippen LogP) is 2.23. The molecule has 0 spiro atoms. The molecule has 0 aliphatic carbocycles. The van der Waals surface area contributed by atoms with Crippen molar-refractivity contribution >= 4 is 17.5 Å². The van der Waals surface area contributed by atoms with Crippen LogP contribution in [-0.2, 0) is 9.59 Å². The molecule has 2 amide bonds. The quantitative estimate of drug-likeness (QED) is 0.783. The summed E-state index contributed by atoms with van der Waals surface area (Å²) >= 11 is 0. The van der Waals surface area contributed by atoms with E-state index in [1.54, 1.807) is 7.11 Å². The van der Waals surface area contributed by atoms with Gasteiger partial charge in [-0.3, -0.25) is 9.59 Å². The molecule has 0 bridgehead atoms. The summed E-state index contributed by atoms with van der Waals surface area (Å²) in [5.41, 5.74) is 1.61. The molecule has 5 rings (SSSR count). The van der Waals surface area contributed by atoms with Crippen molar-refractivity contribution in [2.75, 3.05) is 25.1 Å². The van der Waals surface area contributed by atoms with Crippen LogP contribution >= 0.6 is 0 Å². The standard InChI is InChI=1S/C21H21N3O3/c1-27-16-11-6-5-10-15(16)18-17-19(23-13-7-12-22(18)23)21(26)24(20(17)25)14-8-3-2-4-9-14/h2-6,8-11,17-19H,7,12-13H2,1H3/t17-,18+,19-/m0/s1. The number of amides is 2. The normalized spacial score (nSPS) is 27.9. The number of imide groups is 1. The Morgan fingerprint density at radius 3 is 2.26 bits per heavy atom. The van der Waals surface area contributed by atoms with Gasteiger partial charge in [0.25, 0.3) is 5.91 Å². The number of fused-ring (bicyclic) bond motifs is 3.